The number of rotatable bonds is 6. The van der Waals surface area contributed by atoms with Gasteiger partial charge in [-0.15, -0.1) is 28.1 Å². The van der Waals surface area contributed by atoms with E-state index in [1.54, 1.807) is 17.4 Å². The van der Waals surface area contributed by atoms with Crippen LogP contribution in [0.25, 0.3) is 10.2 Å². The third-order valence-corrected chi connectivity index (χ3v) is 7.77. The molecule has 0 spiro atoms. The van der Waals surface area contributed by atoms with Gasteiger partial charge in [-0.25, -0.2) is 4.98 Å². The van der Waals surface area contributed by atoms with Crippen molar-refractivity contribution in [3.63, 3.8) is 0 Å². The zero-order chi connectivity index (χ0) is 23.1. The number of thiophene rings is 1. The van der Waals surface area contributed by atoms with E-state index >= 15 is 0 Å². The Morgan fingerprint density at radius 2 is 2.12 bits per heavy atom. The highest BCUT2D eigenvalue weighted by Crippen LogP contribution is 2.38. The molecule has 0 bridgehead atoms. The lowest BCUT2D eigenvalue weighted by Gasteiger charge is -2.26. The molecule has 8 nitrogen and oxygen atoms in total. The Morgan fingerprint density at radius 3 is 2.91 bits per heavy atom. The molecular formula is C23H23N5O3S2. The molecule has 0 fully saturated rings. The Kier molecular flexibility index (Phi) is 5.71. The third kappa shape index (κ3) is 3.93. The molecule has 0 aliphatic carbocycles. The largest absolute Gasteiger partial charge is 0.485 e. The molecular weight excluding hydrogens is 458 g/mol. The Morgan fingerprint density at radius 1 is 1.33 bits per heavy atom. The molecule has 0 saturated carbocycles. The lowest BCUT2D eigenvalue weighted by Crippen LogP contribution is -2.25. The van der Waals surface area contributed by atoms with Gasteiger partial charge in [0.1, 0.15) is 17.3 Å². The molecule has 2 atom stereocenters. The zero-order valence-electron chi connectivity index (χ0n) is 18.5. The molecule has 2 unspecified atom stereocenters. The van der Waals surface area contributed by atoms with Crippen LogP contribution in [0.5, 0.6) is 11.5 Å². The van der Waals surface area contributed by atoms with Crippen LogP contribution >= 0.6 is 23.1 Å². The summed E-state index contributed by atoms with van der Waals surface area (Å²) in [5.74, 6) is 2.68. The lowest BCUT2D eigenvalue weighted by atomic mass is 10.2. The van der Waals surface area contributed by atoms with E-state index in [9.17, 15) is 4.79 Å². The second-order valence-corrected chi connectivity index (χ2v) is 10.3. The second-order valence-electron chi connectivity index (χ2n) is 7.78. The van der Waals surface area contributed by atoms with Crippen molar-refractivity contribution in [3.05, 3.63) is 69.4 Å². The van der Waals surface area contributed by atoms with Crippen molar-refractivity contribution in [3.8, 4) is 11.5 Å². The monoisotopic (exact) mass is 481 g/mol. The van der Waals surface area contributed by atoms with E-state index in [0.717, 1.165) is 21.0 Å². The maximum atomic E-state index is 12.7. The maximum Gasteiger partial charge on any atom is 0.259 e. The first kappa shape index (κ1) is 21.7. The first-order chi connectivity index (χ1) is 16.0. The van der Waals surface area contributed by atoms with Gasteiger partial charge in [-0.1, -0.05) is 30.0 Å². The first-order valence-electron chi connectivity index (χ1n) is 10.5. The number of fused-ring (bicyclic) bond motifs is 2. The number of nitrogens with zero attached hydrogens (tertiary/aromatic N) is 4. The Hall–Kier alpha value is -3.11. The summed E-state index contributed by atoms with van der Waals surface area (Å²) in [6.07, 6.45) is 1.41. The smallest absolute Gasteiger partial charge is 0.259 e. The number of thioether (sulfide) groups is 1. The zero-order valence-corrected chi connectivity index (χ0v) is 20.1. The van der Waals surface area contributed by atoms with E-state index < -0.39 is 0 Å². The van der Waals surface area contributed by atoms with Crippen molar-refractivity contribution >= 4 is 33.3 Å². The predicted molar refractivity (Wildman–Crippen MR) is 130 cm³/mol. The third-order valence-electron chi connectivity index (χ3n) is 5.58. The highest BCUT2D eigenvalue weighted by molar-refractivity contribution is 7.99. The molecule has 0 radical (unpaired) electrons. The minimum absolute atomic E-state index is 0.107. The highest BCUT2D eigenvalue weighted by atomic mass is 32.2. The molecule has 10 heteroatoms. The molecule has 1 aliphatic rings. The highest BCUT2D eigenvalue weighted by Gasteiger charge is 2.29. The summed E-state index contributed by atoms with van der Waals surface area (Å²) in [4.78, 5) is 22.2. The summed E-state index contributed by atoms with van der Waals surface area (Å²) >= 11 is 3.02. The molecule has 0 amide bonds. The van der Waals surface area contributed by atoms with Crippen molar-refractivity contribution in [1.29, 1.82) is 0 Å². The summed E-state index contributed by atoms with van der Waals surface area (Å²) < 4.78 is 14.0. The minimum atomic E-state index is -0.386. The summed E-state index contributed by atoms with van der Waals surface area (Å²) in [5, 5.41) is 10.0. The van der Waals surface area contributed by atoms with Crippen LogP contribution in [0.15, 0.2) is 46.9 Å². The Balaban J connectivity index is 1.43. The van der Waals surface area contributed by atoms with Crippen LogP contribution < -0.4 is 15.0 Å². The van der Waals surface area contributed by atoms with Gasteiger partial charge in [0, 0.05) is 11.4 Å². The molecule has 4 heterocycles. The average Bonchev–Trinajstić information content (AvgIpc) is 3.33. The van der Waals surface area contributed by atoms with Crippen LogP contribution in [-0.4, -0.2) is 31.3 Å². The lowest BCUT2D eigenvalue weighted by molar-refractivity contribution is 0.0821. The molecule has 4 aromatic rings. The number of hydrogen-bond acceptors (Lipinski definition) is 8. The number of aryl methyl sites for hydroxylation is 2. The van der Waals surface area contributed by atoms with Crippen LogP contribution in [0, 0.1) is 13.8 Å². The van der Waals surface area contributed by atoms with Gasteiger partial charge < -0.3 is 14.5 Å². The minimum Gasteiger partial charge on any atom is -0.485 e. The molecule has 1 aliphatic heterocycles. The number of para-hydroxylation sites is 2. The average molecular weight is 482 g/mol. The maximum absolute atomic E-state index is 12.7. The van der Waals surface area contributed by atoms with E-state index in [-0.39, 0.29) is 16.9 Å². The van der Waals surface area contributed by atoms with Gasteiger partial charge in [0.25, 0.3) is 5.56 Å². The Bertz CT molecular complexity index is 1410. The van der Waals surface area contributed by atoms with Crippen LogP contribution in [0.4, 0.5) is 0 Å². The summed E-state index contributed by atoms with van der Waals surface area (Å²) in [7, 11) is 0. The molecule has 3 aromatic heterocycles. The molecule has 170 valence electrons. The second kappa shape index (κ2) is 8.68. The predicted octanol–water partition coefficient (Wildman–Crippen LogP) is 4.74. The molecule has 5 rings (SSSR count). The van der Waals surface area contributed by atoms with E-state index in [1.807, 2.05) is 49.6 Å². The van der Waals surface area contributed by atoms with Gasteiger partial charge >= 0.3 is 0 Å². The van der Waals surface area contributed by atoms with Gasteiger partial charge in [0.2, 0.25) is 0 Å². The summed E-state index contributed by atoms with van der Waals surface area (Å²) in [6.45, 7) is 10.7. The van der Waals surface area contributed by atoms with Crippen LogP contribution in [0.1, 0.15) is 40.4 Å². The number of aromatic nitrogens is 5. The quantitative estimate of drug-likeness (QED) is 0.314. The number of H-pyrrole nitrogens is 1. The van der Waals surface area contributed by atoms with Crippen LogP contribution in [0.3, 0.4) is 0 Å². The van der Waals surface area contributed by atoms with E-state index in [4.69, 9.17) is 14.5 Å². The fraction of sp³-hybridized carbons (Fsp3) is 0.304. The molecule has 1 aromatic carbocycles. The number of ether oxygens (including phenoxy) is 2. The number of benzene rings is 1. The fourth-order valence-electron chi connectivity index (χ4n) is 3.75. The normalized spacial score (nSPS) is 16.2. The summed E-state index contributed by atoms with van der Waals surface area (Å²) in [6, 6.07) is 7.57. The van der Waals surface area contributed by atoms with Crippen LogP contribution in [0.2, 0.25) is 0 Å². The van der Waals surface area contributed by atoms with Crippen molar-refractivity contribution in [2.45, 2.75) is 43.8 Å². The van der Waals surface area contributed by atoms with Crippen LogP contribution in [-0.2, 0) is 6.54 Å². The topological polar surface area (TPSA) is 94.9 Å². The number of hydrogen-bond donors (Lipinski definition) is 1. The standard InChI is InChI=1S/C23H23N5O3S2/c1-5-10-28-20(17-11-30-15-8-6-7-9-16(15)31-17)26-27-23(28)33-14(4)19-24-21(29)18-12(2)13(3)32-22(18)25-19/h5-9,14,17H,1,10-11H2,2-4H3,(H,24,25,29). The number of aromatic amines is 1. The summed E-state index contributed by atoms with van der Waals surface area (Å²) in [5.41, 5.74) is 0.881. The van der Waals surface area contributed by atoms with Crippen molar-refractivity contribution < 1.29 is 9.47 Å². The van der Waals surface area contributed by atoms with Gasteiger partial charge in [-0.3, -0.25) is 9.36 Å². The number of nitrogens with one attached hydrogen (secondary N) is 1. The molecule has 33 heavy (non-hydrogen) atoms. The SMILES string of the molecule is C=CCn1c(SC(C)c2nc3sc(C)c(C)c3c(=O)[nH]2)nnc1C1COc2ccccc2O1. The molecule has 1 N–H and O–H groups in total. The van der Waals surface area contributed by atoms with Gasteiger partial charge in [0.05, 0.1) is 10.6 Å². The van der Waals surface area contributed by atoms with Crippen molar-refractivity contribution in [1.82, 2.24) is 24.7 Å². The Labute approximate surface area is 198 Å². The van der Waals surface area contributed by atoms with Gasteiger partial charge in [-0.05, 0) is 38.5 Å². The van der Waals surface area contributed by atoms with Gasteiger partial charge in [-0.2, -0.15) is 0 Å². The van der Waals surface area contributed by atoms with Crippen molar-refractivity contribution in [2.24, 2.45) is 0 Å². The van der Waals surface area contributed by atoms with E-state index in [0.29, 0.717) is 41.1 Å². The first-order valence-corrected chi connectivity index (χ1v) is 12.2. The van der Waals surface area contributed by atoms with E-state index in [2.05, 4.69) is 21.8 Å². The van der Waals surface area contributed by atoms with Crippen molar-refractivity contribution in [2.75, 3.05) is 6.61 Å². The van der Waals surface area contributed by atoms with E-state index in [1.165, 1.54) is 11.8 Å². The van der Waals surface area contributed by atoms with Gasteiger partial charge in [0.15, 0.2) is 28.6 Å². The number of allylic oxidation sites excluding steroid dienone is 1. The molecule has 0 saturated heterocycles. The fourth-order valence-corrected chi connectivity index (χ4v) is 5.71.